The highest BCUT2D eigenvalue weighted by atomic mass is 16.5. The lowest BCUT2D eigenvalue weighted by Gasteiger charge is -2.26. The van der Waals surface area contributed by atoms with Gasteiger partial charge in [0.25, 0.3) is 0 Å². The Morgan fingerprint density at radius 1 is 1.03 bits per heavy atom. The third-order valence-corrected chi connectivity index (χ3v) is 5.25. The van der Waals surface area contributed by atoms with E-state index < -0.39 is 11.9 Å². The van der Waals surface area contributed by atoms with Crippen LogP contribution < -0.4 is 10.2 Å². The quantitative estimate of drug-likeness (QED) is 0.319. The maximum Gasteiger partial charge on any atom is 0.354 e. The zero-order valence-electron chi connectivity index (χ0n) is 19.9. The lowest BCUT2D eigenvalue weighted by molar-refractivity contribution is -0.140. The lowest BCUT2D eigenvalue weighted by atomic mass is 10.1. The summed E-state index contributed by atoms with van der Waals surface area (Å²) in [5, 5.41) is 0.327. The zero-order valence-corrected chi connectivity index (χ0v) is 19.9. The van der Waals surface area contributed by atoms with Crippen molar-refractivity contribution in [2.45, 2.75) is 20.0 Å². The van der Waals surface area contributed by atoms with Gasteiger partial charge in [0.05, 0.1) is 44.4 Å². The number of fused-ring (bicyclic) bond motifs is 1. The van der Waals surface area contributed by atoms with E-state index in [0.717, 1.165) is 11.6 Å². The average Bonchev–Trinajstić information content (AvgIpc) is 2.88. The lowest BCUT2D eigenvalue weighted by Crippen LogP contribution is -2.31. The van der Waals surface area contributed by atoms with E-state index in [-0.39, 0.29) is 35.5 Å². The summed E-state index contributed by atoms with van der Waals surface area (Å²) < 4.78 is 21.3. The van der Waals surface area contributed by atoms with Crippen molar-refractivity contribution in [2.75, 3.05) is 20.8 Å². The summed E-state index contributed by atoms with van der Waals surface area (Å²) in [5.41, 5.74) is 1.04. The van der Waals surface area contributed by atoms with Crippen molar-refractivity contribution in [1.82, 2.24) is 4.90 Å². The van der Waals surface area contributed by atoms with E-state index in [1.807, 2.05) is 37.3 Å². The average molecular weight is 478 g/mol. The second-order valence-electron chi connectivity index (χ2n) is 7.43. The van der Waals surface area contributed by atoms with Crippen molar-refractivity contribution in [3.8, 4) is 5.75 Å². The zero-order chi connectivity index (χ0) is 25.4. The minimum atomic E-state index is -0.754. The third-order valence-electron chi connectivity index (χ3n) is 5.25. The van der Waals surface area contributed by atoms with Crippen LogP contribution in [0.5, 0.6) is 5.75 Å². The molecule has 3 aromatic rings. The van der Waals surface area contributed by atoms with Crippen molar-refractivity contribution in [3.05, 3.63) is 94.0 Å². The number of hydrogen-bond acceptors (Lipinski definition) is 8. The van der Waals surface area contributed by atoms with Crippen LogP contribution in [0.15, 0.2) is 76.1 Å². The molecule has 0 aliphatic rings. The van der Waals surface area contributed by atoms with Crippen molar-refractivity contribution < 1.29 is 28.2 Å². The van der Waals surface area contributed by atoms with E-state index in [1.165, 1.54) is 20.3 Å². The number of hydrogen-bond donors (Lipinski definition) is 0. The molecular weight excluding hydrogens is 450 g/mol. The van der Waals surface area contributed by atoms with E-state index in [0.29, 0.717) is 23.3 Å². The normalized spacial score (nSPS) is 11.1. The molecule has 2 aromatic carbocycles. The summed E-state index contributed by atoms with van der Waals surface area (Å²) in [7, 11) is 2.42. The molecule has 0 aliphatic carbocycles. The highest BCUT2D eigenvalue weighted by molar-refractivity contribution is 5.95. The van der Waals surface area contributed by atoms with E-state index in [9.17, 15) is 14.4 Å². The van der Waals surface area contributed by atoms with Crippen molar-refractivity contribution in [3.63, 3.8) is 0 Å². The van der Waals surface area contributed by atoms with Gasteiger partial charge in [-0.3, -0.25) is 4.79 Å². The number of ether oxygens (including phenoxy) is 3. The van der Waals surface area contributed by atoms with Crippen LogP contribution in [0.4, 0.5) is 0 Å². The van der Waals surface area contributed by atoms with Gasteiger partial charge < -0.3 is 23.5 Å². The smallest absolute Gasteiger partial charge is 0.354 e. The van der Waals surface area contributed by atoms with E-state index >= 15 is 0 Å². The first kappa shape index (κ1) is 25.3. The summed E-state index contributed by atoms with van der Waals surface area (Å²) in [6, 6.07) is 14.4. The third kappa shape index (κ3) is 5.78. The minimum absolute atomic E-state index is 0.0642. The Morgan fingerprint density at radius 2 is 1.77 bits per heavy atom. The maximum atomic E-state index is 13.6. The summed E-state index contributed by atoms with van der Waals surface area (Å²) in [4.78, 5) is 39.9. The van der Waals surface area contributed by atoms with Gasteiger partial charge in [0.1, 0.15) is 11.5 Å². The van der Waals surface area contributed by atoms with Crippen LogP contribution in [-0.4, -0.2) is 37.7 Å². The van der Waals surface area contributed by atoms with Crippen LogP contribution in [-0.2, 0) is 32.2 Å². The fourth-order valence-corrected chi connectivity index (χ4v) is 3.61. The molecule has 0 atom stereocenters. The molecule has 8 nitrogen and oxygen atoms in total. The number of rotatable bonds is 10. The van der Waals surface area contributed by atoms with Gasteiger partial charge in [-0.1, -0.05) is 43.0 Å². The molecule has 0 N–H and O–H groups in total. The number of esters is 2. The number of para-hydroxylation sites is 1. The summed E-state index contributed by atoms with van der Waals surface area (Å²) >= 11 is 0. The SMILES string of the molecule is C=Cc1oc2c(OCC)cccc2c(=O)c1CN(Cc1ccccc1)/C(=C/C(=O)OC)C(=O)OC. The molecule has 0 fully saturated rings. The second-order valence-corrected chi connectivity index (χ2v) is 7.43. The van der Waals surface area contributed by atoms with Gasteiger partial charge in [-0.25, -0.2) is 9.59 Å². The van der Waals surface area contributed by atoms with Crippen LogP contribution >= 0.6 is 0 Å². The number of carbonyl (C=O) groups is 2. The Bertz CT molecular complexity index is 1310. The van der Waals surface area contributed by atoms with Crippen molar-refractivity contribution >= 4 is 29.0 Å². The Morgan fingerprint density at radius 3 is 2.40 bits per heavy atom. The van der Waals surface area contributed by atoms with Gasteiger partial charge in [0.15, 0.2) is 16.8 Å². The van der Waals surface area contributed by atoms with E-state index in [1.54, 1.807) is 23.1 Å². The predicted molar refractivity (Wildman–Crippen MR) is 132 cm³/mol. The molecule has 1 aromatic heterocycles. The predicted octanol–water partition coefficient (Wildman–Crippen LogP) is 4.07. The van der Waals surface area contributed by atoms with Gasteiger partial charge in [-0.05, 0) is 30.7 Å². The molecule has 0 aliphatic heterocycles. The molecule has 35 heavy (non-hydrogen) atoms. The summed E-state index contributed by atoms with van der Waals surface area (Å²) in [6.45, 7) is 6.17. The highest BCUT2D eigenvalue weighted by Gasteiger charge is 2.24. The van der Waals surface area contributed by atoms with Gasteiger partial charge in [0, 0.05) is 6.54 Å². The molecule has 0 bridgehead atoms. The van der Waals surface area contributed by atoms with Crippen LogP contribution in [0.3, 0.4) is 0 Å². The van der Waals surface area contributed by atoms with Crippen molar-refractivity contribution in [1.29, 1.82) is 0 Å². The molecule has 0 unspecified atom stereocenters. The van der Waals surface area contributed by atoms with Gasteiger partial charge in [-0.2, -0.15) is 0 Å². The molecule has 0 amide bonds. The molecule has 182 valence electrons. The fraction of sp³-hybridized carbons (Fsp3) is 0.222. The molecule has 8 heteroatoms. The Balaban J connectivity index is 2.19. The van der Waals surface area contributed by atoms with Crippen LogP contribution in [0.25, 0.3) is 17.0 Å². The van der Waals surface area contributed by atoms with Crippen LogP contribution in [0.1, 0.15) is 23.8 Å². The Hall–Kier alpha value is -4.33. The van der Waals surface area contributed by atoms with Crippen molar-refractivity contribution in [2.24, 2.45) is 0 Å². The Labute approximate surface area is 203 Å². The second kappa shape index (κ2) is 11.7. The fourth-order valence-electron chi connectivity index (χ4n) is 3.61. The van der Waals surface area contributed by atoms with Gasteiger partial charge in [0.2, 0.25) is 0 Å². The van der Waals surface area contributed by atoms with E-state index in [4.69, 9.17) is 18.6 Å². The number of methoxy groups -OCH3 is 2. The molecule has 3 rings (SSSR count). The largest absolute Gasteiger partial charge is 0.490 e. The first-order valence-electron chi connectivity index (χ1n) is 10.9. The molecule has 0 saturated carbocycles. The molecule has 1 heterocycles. The first-order chi connectivity index (χ1) is 16.9. The summed E-state index contributed by atoms with van der Waals surface area (Å²) in [6.07, 6.45) is 2.47. The maximum absolute atomic E-state index is 13.6. The molecular formula is C27H27NO7. The number of benzene rings is 2. The van der Waals surface area contributed by atoms with Gasteiger partial charge in [-0.15, -0.1) is 0 Å². The van der Waals surface area contributed by atoms with Crippen LogP contribution in [0.2, 0.25) is 0 Å². The topological polar surface area (TPSA) is 95.3 Å². The summed E-state index contributed by atoms with van der Waals surface area (Å²) in [5.74, 6) is -0.816. The monoisotopic (exact) mass is 477 g/mol. The highest BCUT2D eigenvalue weighted by Crippen LogP contribution is 2.28. The molecule has 0 radical (unpaired) electrons. The standard InChI is InChI=1S/C27H27NO7/c1-5-22-20(25(30)19-13-10-14-23(34-6-2)26(19)35-22)17-28(16-18-11-8-7-9-12-18)21(27(31)33-4)15-24(29)32-3/h5,7-15H,1,6,16-17H2,2-4H3/b21-15+. The first-order valence-corrected chi connectivity index (χ1v) is 10.9. The van der Waals surface area contributed by atoms with Gasteiger partial charge >= 0.3 is 11.9 Å². The van der Waals surface area contributed by atoms with E-state index in [2.05, 4.69) is 6.58 Å². The van der Waals surface area contributed by atoms with Crippen LogP contribution in [0, 0.1) is 0 Å². The number of carbonyl (C=O) groups excluding carboxylic acids is 2. The number of nitrogens with zero attached hydrogens (tertiary/aromatic N) is 1. The molecule has 0 spiro atoms. The Kier molecular flexibility index (Phi) is 8.45. The minimum Gasteiger partial charge on any atom is -0.490 e. The molecule has 0 saturated heterocycles.